The standard InChI is InChI=1S/C28H44O3/c1-18-21(16-23(29)17-26(18)30)8-7-19-6-5-15-28(4)24(19)13-14-25(28)20-9-11-22(12-10-20)27(2,3)31/h7-8,20,22-26,29-31H,1,5-6,9-17H2,2-4H3/b19-7+,21-8-/t20?,22?,23-,24+,25-,26+,28+/m1/s1. The number of aliphatic hydroxyl groups excluding tert-OH is 2. The molecule has 4 saturated carbocycles. The van der Waals surface area contributed by atoms with Gasteiger partial charge in [0, 0.05) is 6.42 Å². The Morgan fingerprint density at radius 1 is 1.03 bits per heavy atom. The number of fused-ring (bicyclic) bond motifs is 1. The molecular weight excluding hydrogens is 384 g/mol. The van der Waals surface area contributed by atoms with E-state index in [0.29, 0.717) is 30.1 Å². The molecule has 31 heavy (non-hydrogen) atoms. The van der Waals surface area contributed by atoms with Crippen molar-refractivity contribution in [2.45, 2.75) is 109 Å². The number of rotatable bonds is 3. The van der Waals surface area contributed by atoms with E-state index in [1.54, 1.807) is 5.57 Å². The Morgan fingerprint density at radius 3 is 2.42 bits per heavy atom. The van der Waals surface area contributed by atoms with Gasteiger partial charge in [-0.25, -0.2) is 0 Å². The number of hydrogen-bond donors (Lipinski definition) is 3. The van der Waals surface area contributed by atoms with Crippen molar-refractivity contribution in [2.75, 3.05) is 0 Å². The van der Waals surface area contributed by atoms with Crippen molar-refractivity contribution < 1.29 is 15.3 Å². The van der Waals surface area contributed by atoms with Crippen LogP contribution in [0.3, 0.4) is 0 Å². The van der Waals surface area contributed by atoms with Gasteiger partial charge in [0.25, 0.3) is 0 Å². The van der Waals surface area contributed by atoms with Gasteiger partial charge in [0.2, 0.25) is 0 Å². The van der Waals surface area contributed by atoms with Crippen molar-refractivity contribution in [3.8, 4) is 0 Å². The lowest BCUT2D eigenvalue weighted by atomic mass is 9.58. The molecule has 4 rings (SSSR count). The molecular formula is C28H44O3. The predicted octanol–water partition coefficient (Wildman–Crippen LogP) is 5.70. The van der Waals surface area contributed by atoms with Crippen LogP contribution in [0, 0.1) is 29.1 Å². The minimum atomic E-state index is -0.611. The summed E-state index contributed by atoms with van der Waals surface area (Å²) in [6.45, 7) is 10.6. The highest BCUT2D eigenvalue weighted by molar-refractivity contribution is 5.38. The van der Waals surface area contributed by atoms with Gasteiger partial charge in [-0.2, -0.15) is 0 Å². The van der Waals surface area contributed by atoms with Gasteiger partial charge in [-0.3, -0.25) is 0 Å². The van der Waals surface area contributed by atoms with Crippen molar-refractivity contribution >= 4 is 0 Å². The lowest BCUT2D eigenvalue weighted by Gasteiger charge is -2.47. The van der Waals surface area contributed by atoms with Gasteiger partial charge in [-0.05, 0) is 118 Å². The Kier molecular flexibility index (Phi) is 6.60. The maximum absolute atomic E-state index is 10.4. The summed E-state index contributed by atoms with van der Waals surface area (Å²) >= 11 is 0. The fourth-order valence-corrected chi connectivity index (χ4v) is 7.75. The summed E-state index contributed by atoms with van der Waals surface area (Å²) in [5, 5.41) is 30.7. The molecule has 0 amide bonds. The molecule has 0 spiro atoms. The van der Waals surface area contributed by atoms with Crippen LogP contribution >= 0.6 is 0 Å². The quantitative estimate of drug-likeness (QED) is 0.540. The molecule has 0 aliphatic heterocycles. The molecule has 5 atom stereocenters. The number of hydrogen-bond acceptors (Lipinski definition) is 3. The Balaban J connectivity index is 1.47. The van der Waals surface area contributed by atoms with Crippen LogP contribution in [0.4, 0.5) is 0 Å². The molecule has 0 aromatic heterocycles. The Hall–Kier alpha value is -0.900. The molecule has 4 aliphatic rings. The van der Waals surface area contributed by atoms with Gasteiger partial charge in [0.1, 0.15) is 0 Å². The van der Waals surface area contributed by atoms with Gasteiger partial charge in [0.15, 0.2) is 0 Å². The summed E-state index contributed by atoms with van der Waals surface area (Å²) in [5.74, 6) is 2.75. The monoisotopic (exact) mass is 428 g/mol. The lowest BCUT2D eigenvalue weighted by Crippen LogP contribution is -2.40. The molecule has 3 nitrogen and oxygen atoms in total. The topological polar surface area (TPSA) is 60.7 Å². The largest absolute Gasteiger partial charge is 0.393 e. The van der Waals surface area contributed by atoms with E-state index < -0.39 is 17.8 Å². The van der Waals surface area contributed by atoms with Crippen LogP contribution in [0.2, 0.25) is 0 Å². The van der Waals surface area contributed by atoms with Crippen molar-refractivity contribution in [3.05, 3.63) is 35.5 Å². The van der Waals surface area contributed by atoms with E-state index in [2.05, 4.69) is 25.7 Å². The highest BCUT2D eigenvalue weighted by Gasteiger charge is 2.52. The van der Waals surface area contributed by atoms with Crippen LogP contribution < -0.4 is 0 Å². The van der Waals surface area contributed by atoms with Gasteiger partial charge >= 0.3 is 0 Å². The highest BCUT2D eigenvalue weighted by Crippen LogP contribution is 2.61. The second-order valence-corrected chi connectivity index (χ2v) is 11.9. The van der Waals surface area contributed by atoms with E-state index in [4.69, 9.17) is 0 Å². The second-order valence-electron chi connectivity index (χ2n) is 11.9. The fraction of sp³-hybridized carbons (Fsp3) is 0.786. The summed E-state index contributed by atoms with van der Waals surface area (Å²) in [7, 11) is 0. The smallest absolute Gasteiger partial charge is 0.0811 e. The zero-order chi connectivity index (χ0) is 22.4. The molecule has 3 heteroatoms. The van der Waals surface area contributed by atoms with E-state index in [0.717, 1.165) is 23.0 Å². The van der Waals surface area contributed by atoms with Crippen molar-refractivity contribution in [1.82, 2.24) is 0 Å². The third-order valence-corrected chi connectivity index (χ3v) is 9.64. The van der Waals surface area contributed by atoms with Crippen LogP contribution in [0.1, 0.15) is 91.4 Å². The molecule has 0 heterocycles. The average Bonchev–Trinajstić information content (AvgIpc) is 3.06. The SMILES string of the molecule is C=C1/C(=C\C=C2/CCC[C@]3(C)[C@@H](C4CCC(C(C)(C)O)CC4)CC[C@@H]23)C[C@@H](O)C[C@@H]1O. The molecule has 4 aliphatic carbocycles. The van der Waals surface area contributed by atoms with E-state index in [1.807, 2.05) is 13.8 Å². The molecule has 0 unspecified atom stereocenters. The minimum absolute atomic E-state index is 0.400. The lowest BCUT2D eigenvalue weighted by molar-refractivity contribution is -0.0195. The van der Waals surface area contributed by atoms with Crippen LogP contribution in [0.15, 0.2) is 35.5 Å². The van der Waals surface area contributed by atoms with Gasteiger partial charge < -0.3 is 15.3 Å². The zero-order valence-electron chi connectivity index (χ0n) is 19.9. The summed E-state index contributed by atoms with van der Waals surface area (Å²) in [5.41, 5.74) is 3.25. The van der Waals surface area contributed by atoms with E-state index >= 15 is 0 Å². The Labute approximate surface area is 189 Å². The summed E-state index contributed by atoms with van der Waals surface area (Å²) < 4.78 is 0. The molecule has 0 saturated heterocycles. The number of allylic oxidation sites excluding steroid dienone is 3. The van der Waals surface area contributed by atoms with Crippen LogP contribution in [0.25, 0.3) is 0 Å². The van der Waals surface area contributed by atoms with E-state index in [9.17, 15) is 15.3 Å². The first kappa shape index (κ1) is 23.3. The van der Waals surface area contributed by atoms with Crippen molar-refractivity contribution in [2.24, 2.45) is 29.1 Å². The third kappa shape index (κ3) is 4.61. The molecule has 0 aromatic carbocycles. The average molecular weight is 429 g/mol. The molecule has 174 valence electrons. The molecule has 3 N–H and O–H groups in total. The van der Waals surface area contributed by atoms with Crippen LogP contribution in [0.5, 0.6) is 0 Å². The Morgan fingerprint density at radius 2 is 1.74 bits per heavy atom. The fourth-order valence-electron chi connectivity index (χ4n) is 7.75. The maximum atomic E-state index is 10.4. The molecule has 0 radical (unpaired) electrons. The summed E-state index contributed by atoms with van der Waals surface area (Å²) in [4.78, 5) is 0. The normalized spacial score (nSPS) is 44.6. The number of aliphatic hydroxyl groups is 3. The first-order chi connectivity index (χ1) is 14.6. The summed E-state index contributed by atoms with van der Waals surface area (Å²) in [6.07, 6.45) is 15.7. The maximum Gasteiger partial charge on any atom is 0.0811 e. The Bertz CT molecular complexity index is 734. The highest BCUT2D eigenvalue weighted by atomic mass is 16.3. The van der Waals surface area contributed by atoms with E-state index in [1.165, 1.54) is 57.8 Å². The first-order valence-electron chi connectivity index (χ1n) is 12.8. The third-order valence-electron chi connectivity index (χ3n) is 9.64. The molecule has 0 aromatic rings. The summed E-state index contributed by atoms with van der Waals surface area (Å²) in [6, 6.07) is 0. The van der Waals surface area contributed by atoms with Crippen molar-refractivity contribution in [3.63, 3.8) is 0 Å². The molecule has 4 fully saturated rings. The van der Waals surface area contributed by atoms with Gasteiger partial charge in [0.05, 0.1) is 17.8 Å². The van der Waals surface area contributed by atoms with Crippen LogP contribution in [-0.4, -0.2) is 33.1 Å². The predicted molar refractivity (Wildman–Crippen MR) is 126 cm³/mol. The zero-order valence-corrected chi connectivity index (χ0v) is 19.9. The van der Waals surface area contributed by atoms with Gasteiger partial charge in [-0.1, -0.05) is 31.2 Å². The van der Waals surface area contributed by atoms with Gasteiger partial charge in [-0.15, -0.1) is 0 Å². The second kappa shape index (κ2) is 8.80. The first-order valence-corrected chi connectivity index (χ1v) is 12.8. The minimum Gasteiger partial charge on any atom is -0.393 e. The molecule has 0 bridgehead atoms. The van der Waals surface area contributed by atoms with Crippen molar-refractivity contribution in [1.29, 1.82) is 0 Å². The van der Waals surface area contributed by atoms with Crippen LogP contribution in [-0.2, 0) is 0 Å². The van der Waals surface area contributed by atoms with E-state index in [-0.39, 0.29) is 0 Å².